The van der Waals surface area contributed by atoms with Crippen LogP contribution in [0, 0.1) is 0 Å². The Balaban J connectivity index is 2.55. The van der Waals surface area contributed by atoms with Gasteiger partial charge in [-0.3, -0.25) is 4.79 Å². The Morgan fingerprint density at radius 1 is 1.35 bits per heavy atom. The number of likely N-dealkylation sites (N-methyl/N-ethyl adjacent to an activating group) is 1. The van der Waals surface area contributed by atoms with Gasteiger partial charge in [-0.25, -0.2) is 0 Å². The van der Waals surface area contributed by atoms with Gasteiger partial charge in [0.15, 0.2) is 0 Å². The number of benzene rings is 1. The van der Waals surface area contributed by atoms with Crippen molar-refractivity contribution in [3.8, 4) is 0 Å². The summed E-state index contributed by atoms with van der Waals surface area (Å²) in [5.41, 5.74) is -0.439. The highest BCUT2D eigenvalue weighted by molar-refractivity contribution is 5.80. The first kappa shape index (κ1) is 16.3. The molecule has 0 saturated carbocycles. The summed E-state index contributed by atoms with van der Waals surface area (Å²) in [5, 5.41) is 2.72. The fourth-order valence-corrected chi connectivity index (χ4v) is 1.64. The molecule has 1 amide bonds. The first-order chi connectivity index (χ1) is 9.34. The summed E-state index contributed by atoms with van der Waals surface area (Å²) >= 11 is 0. The van der Waals surface area contributed by atoms with Crippen LogP contribution in [-0.4, -0.2) is 30.9 Å². The molecule has 3 nitrogen and oxygen atoms in total. The molecule has 0 aliphatic rings. The zero-order chi connectivity index (χ0) is 15.2. The highest BCUT2D eigenvalue weighted by Crippen LogP contribution is 2.30. The van der Waals surface area contributed by atoms with Crippen LogP contribution in [0.1, 0.15) is 25.3 Å². The summed E-state index contributed by atoms with van der Waals surface area (Å²) in [5.74, 6) is -0.143. The van der Waals surface area contributed by atoms with E-state index in [0.717, 1.165) is 25.0 Å². The van der Waals surface area contributed by atoms with Gasteiger partial charge in [0.1, 0.15) is 0 Å². The number of carbonyl (C=O) groups excluding carboxylic acids is 1. The van der Waals surface area contributed by atoms with E-state index < -0.39 is 11.7 Å². The van der Waals surface area contributed by atoms with Crippen molar-refractivity contribution in [1.82, 2.24) is 4.90 Å². The summed E-state index contributed by atoms with van der Waals surface area (Å²) in [6, 6.07) is 4.82. The average molecular weight is 288 g/mol. The number of halogens is 3. The van der Waals surface area contributed by atoms with E-state index in [1.54, 1.807) is 11.9 Å². The molecule has 0 aliphatic carbocycles. The predicted molar refractivity (Wildman–Crippen MR) is 72.5 cm³/mol. The highest BCUT2D eigenvalue weighted by atomic mass is 19.4. The molecule has 0 unspecified atom stereocenters. The number of hydrogen-bond acceptors (Lipinski definition) is 2. The molecule has 0 aromatic heterocycles. The zero-order valence-electron chi connectivity index (χ0n) is 11.6. The highest BCUT2D eigenvalue weighted by Gasteiger charge is 2.30. The average Bonchev–Trinajstić information content (AvgIpc) is 2.41. The van der Waals surface area contributed by atoms with Crippen molar-refractivity contribution in [2.24, 2.45) is 0 Å². The minimum absolute atomic E-state index is 0.0124. The topological polar surface area (TPSA) is 32.3 Å². The standard InChI is InChI=1S/C14H19F3N2O/c1-3-4-8-19(2)13(20)10-18-12-7-5-6-11(9-12)14(15,16)17/h5-7,9,18H,3-4,8,10H2,1-2H3. The number of alkyl halides is 3. The smallest absolute Gasteiger partial charge is 0.376 e. The second-order valence-electron chi connectivity index (χ2n) is 4.60. The van der Waals surface area contributed by atoms with E-state index in [1.165, 1.54) is 12.1 Å². The van der Waals surface area contributed by atoms with Gasteiger partial charge in [0, 0.05) is 19.3 Å². The molecule has 0 atom stereocenters. The number of nitrogens with zero attached hydrogens (tertiary/aromatic N) is 1. The molecular weight excluding hydrogens is 269 g/mol. The first-order valence-corrected chi connectivity index (χ1v) is 6.49. The van der Waals surface area contributed by atoms with Crippen LogP contribution in [0.3, 0.4) is 0 Å². The number of unbranched alkanes of at least 4 members (excludes halogenated alkanes) is 1. The van der Waals surface area contributed by atoms with Crippen molar-refractivity contribution in [3.63, 3.8) is 0 Å². The Bertz CT molecular complexity index is 446. The third-order valence-electron chi connectivity index (χ3n) is 2.91. The summed E-state index contributed by atoms with van der Waals surface area (Å²) in [6.07, 6.45) is -2.48. The van der Waals surface area contributed by atoms with Gasteiger partial charge in [0.05, 0.1) is 12.1 Å². The lowest BCUT2D eigenvalue weighted by atomic mass is 10.2. The summed E-state index contributed by atoms with van der Waals surface area (Å²) in [4.78, 5) is 13.3. The van der Waals surface area contributed by atoms with Crippen molar-refractivity contribution in [2.45, 2.75) is 25.9 Å². The van der Waals surface area contributed by atoms with Gasteiger partial charge < -0.3 is 10.2 Å². The van der Waals surface area contributed by atoms with E-state index in [1.807, 2.05) is 6.92 Å². The van der Waals surface area contributed by atoms with Gasteiger partial charge >= 0.3 is 6.18 Å². The molecule has 0 saturated heterocycles. The number of carbonyl (C=O) groups is 1. The van der Waals surface area contributed by atoms with E-state index in [0.29, 0.717) is 6.54 Å². The molecule has 0 bridgehead atoms. The van der Waals surface area contributed by atoms with Crippen LogP contribution in [0.5, 0.6) is 0 Å². The number of anilines is 1. The molecule has 20 heavy (non-hydrogen) atoms. The lowest BCUT2D eigenvalue weighted by Gasteiger charge is -2.17. The molecule has 0 fully saturated rings. The second-order valence-corrected chi connectivity index (χ2v) is 4.60. The van der Waals surface area contributed by atoms with Gasteiger partial charge in [-0.2, -0.15) is 13.2 Å². The Morgan fingerprint density at radius 2 is 2.05 bits per heavy atom. The number of amides is 1. The molecule has 1 aromatic carbocycles. The van der Waals surface area contributed by atoms with Crippen LogP contribution >= 0.6 is 0 Å². The molecule has 112 valence electrons. The van der Waals surface area contributed by atoms with Crippen molar-refractivity contribution < 1.29 is 18.0 Å². The third-order valence-corrected chi connectivity index (χ3v) is 2.91. The number of hydrogen-bond donors (Lipinski definition) is 1. The molecule has 0 heterocycles. The fourth-order valence-electron chi connectivity index (χ4n) is 1.64. The van der Waals surface area contributed by atoms with E-state index >= 15 is 0 Å². The zero-order valence-corrected chi connectivity index (χ0v) is 11.6. The number of rotatable bonds is 6. The van der Waals surface area contributed by atoms with Gasteiger partial charge in [-0.1, -0.05) is 19.4 Å². The lowest BCUT2D eigenvalue weighted by molar-refractivity contribution is -0.137. The summed E-state index contributed by atoms with van der Waals surface area (Å²) < 4.78 is 37.6. The third kappa shape index (κ3) is 5.11. The minimum Gasteiger partial charge on any atom is -0.376 e. The quantitative estimate of drug-likeness (QED) is 0.870. The van der Waals surface area contributed by atoms with Crippen LogP contribution in [0.15, 0.2) is 24.3 Å². The maximum atomic E-state index is 12.5. The largest absolute Gasteiger partial charge is 0.416 e. The van der Waals surface area contributed by atoms with Gasteiger partial charge in [0.2, 0.25) is 5.91 Å². The van der Waals surface area contributed by atoms with Crippen molar-refractivity contribution in [3.05, 3.63) is 29.8 Å². The van der Waals surface area contributed by atoms with Crippen LogP contribution in [-0.2, 0) is 11.0 Å². The van der Waals surface area contributed by atoms with E-state index in [9.17, 15) is 18.0 Å². The van der Waals surface area contributed by atoms with Crippen molar-refractivity contribution in [2.75, 3.05) is 25.5 Å². The van der Waals surface area contributed by atoms with E-state index in [-0.39, 0.29) is 18.1 Å². The Labute approximate surface area is 116 Å². The maximum absolute atomic E-state index is 12.5. The Kier molecular flexibility index (Phi) is 5.85. The van der Waals surface area contributed by atoms with Crippen LogP contribution in [0.25, 0.3) is 0 Å². The van der Waals surface area contributed by atoms with Crippen molar-refractivity contribution in [1.29, 1.82) is 0 Å². The van der Waals surface area contributed by atoms with Gasteiger partial charge in [-0.15, -0.1) is 0 Å². The Morgan fingerprint density at radius 3 is 2.65 bits per heavy atom. The molecule has 1 N–H and O–H groups in total. The molecular formula is C14H19F3N2O. The SMILES string of the molecule is CCCCN(C)C(=O)CNc1cccc(C(F)(F)F)c1. The Hall–Kier alpha value is -1.72. The van der Waals surface area contributed by atoms with E-state index in [4.69, 9.17) is 0 Å². The predicted octanol–water partition coefficient (Wildman–Crippen LogP) is 3.38. The van der Waals surface area contributed by atoms with Gasteiger partial charge in [-0.05, 0) is 24.6 Å². The second kappa shape index (κ2) is 7.17. The lowest BCUT2D eigenvalue weighted by Crippen LogP contribution is -2.32. The monoisotopic (exact) mass is 288 g/mol. The van der Waals surface area contributed by atoms with Crippen LogP contribution in [0.4, 0.5) is 18.9 Å². The van der Waals surface area contributed by atoms with Crippen molar-refractivity contribution >= 4 is 11.6 Å². The van der Waals surface area contributed by atoms with Gasteiger partial charge in [0.25, 0.3) is 0 Å². The van der Waals surface area contributed by atoms with Crippen LogP contribution < -0.4 is 5.32 Å². The molecule has 0 radical (unpaired) electrons. The van der Waals surface area contributed by atoms with E-state index in [2.05, 4.69) is 5.32 Å². The molecule has 1 rings (SSSR count). The fraction of sp³-hybridized carbons (Fsp3) is 0.500. The maximum Gasteiger partial charge on any atom is 0.416 e. The molecule has 1 aromatic rings. The summed E-state index contributed by atoms with van der Waals surface area (Å²) in [6.45, 7) is 2.67. The summed E-state index contributed by atoms with van der Waals surface area (Å²) in [7, 11) is 1.69. The van der Waals surface area contributed by atoms with Crippen LogP contribution in [0.2, 0.25) is 0 Å². The molecule has 0 aliphatic heterocycles. The number of nitrogens with one attached hydrogen (secondary N) is 1. The molecule has 6 heteroatoms. The minimum atomic E-state index is -4.38. The normalized spacial score (nSPS) is 11.2. The first-order valence-electron chi connectivity index (χ1n) is 6.49. The molecule has 0 spiro atoms.